The molecule has 1 aromatic heterocycles. The summed E-state index contributed by atoms with van der Waals surface area (Å²) in [5.74, 6) is -0.107. The SMILES string of the molecule is COc1ccc(F)cc1-c1ccc(C(=O)Nc2ccc(C)c(C)c2)cn1. The highest BCUT2D eigenvalue weighted by Crippen LogP contribution is 2.29. The van der Waals surface area contributed by atoms with Crippen molar-refractivity contribution in [3.05, 3.63) is 77.2 Å². The molecule has 0 spiro atoms. The lowest BCUT2D eigenvalue weighted by Gasteiger charge is -2.10. The Balaban J connectivity index is 1.82. The Hall–Kier alpha value is -3.21. The van der Waals surface area contributed by atoms with Crippen LogP contribution in [0, 0.1) is 19.7 Å². The van der Waals surface area contributed by atoms with Gasteiger partial charge in [-0.1, -0.05) is 6.07 Å². The van der Waals surface area contributed by atoms with E-state index in [4.69, 9.17) is 4.74 Å². The molecule has 1 N–H and O–H groups in total. The molecule has 1 heterocycles. The molecule has 132 valence electrons. The summed E-state index contributed by atoms with van der Waals surface area (Å²) >= 11 is 0. The van der Waals surface area contributed by atoms with Gasteiger partial charge in [-0.15, -0.1) is 0 Å². The van der Waals surface area contributed by atoms with E-state index in [1.807, 2.05) is 32.0 Å². The lowest BCUT2D eigenvalue weighted by atomic mass is 10.1. The number of aromatic nitrogens is 1. The van der Waals surface area contributed by atoms with E-state index < -0.39 is 0 Å². The van der Waals surface area contributed by atoms with Gasteiger partial charge in [0.2, 0.25) is 0 Å². The lowest BCUT2D eigenvalue weighted by molar-refractivity contribution is 0.102. The maximum atomic E-state index is 13.5. The van der Waals surface area contributed by atoms with Crippen LogP contribution in [0.1, 0.15) is 21.5 Å². The van der Waals surface area contributed by atoms with E-state index in [0.717, 1.165) is 16.8 Å². The lowest BCUT2D eigenvalue weighted by Crippen LogP contribution is -2.12. The molecule has 0 saturated carbocycles. The van der Waals surface area contributed by atoms with Crippen molar-refractivity contribution in [3.63, 3.8) is 0 Å². The van der Waals surface area contributed by atoms with E-state index in [0.29, 0.717) is 22.6 Å². The first kappa shape index (κ1) is 17.6. The second-order valence-corrected chi connectivity index (χ2v) is 6.03. The summed E-state index contributed by atoms with van der Waals surface area (Å²) < 4.78 is 18.8. The third-order valence-electron chi connectivity index (χ3n) is 4.23. The van der Waals surface area contributed by atoms with Gasteiger partial charge in [-0.2, -0.15) is 0 Å². The standard InChI is InChI=1S/C21H19FN2O2/c1-13-4-7-17(10-14(13)2)24-21(25)15-5-8-19(23-12-15)18-11-16(22)6-9-20(18)26-3/h4-12H,1-3H3,(H,24,25). The second kappa shape index (κ2) is 7.35. The van der Waals surface area contributed by atoms with Gasteiger partial charge in [0.05, 0.1) is 18.4 Å². The molecule has 4 nitrogen and oxygen atoms in total. The van der Waals surface area contributed by atoms with Crippen LogP contribution in [0.2, 0.25) is 0 Å². The second-order valence-electron chi connectivity index (χ2n) is 6.03. The zero-order valence-electron chi connectivity index (χ0n) is 14.8. The van der Waals surface area contributed by atoms with Crippen molar-refractivity contribution in [1.82, 2.24) is 4.98 Å². The molecule has 3 aromatic rings. The van der Waals surface area contributed by atoms with Crippen LogP contribution in [-0.2, 0) is 0 Å². The Kier molecular flexibility index (Phi) is 4.98. The summed E-state index contributed by atoms with van der Waals surface area (Å²) in [6, 6.07) is 13.3. The average molecular weight is 350 g/mol. The minimum atomic E-state index is -0.376. The number of hydrogen-bond acceptors (Lipinski definition) is 3. The first-order valence-corrected chi connectivity index (χ1v) is 8.16. The molecule has 26 heavy (non-hydrogen) atoms. The van der Waals surface area contributed by atoms with Crippen molar-refractivity contribution in [2.45, 2.75) is 13.8 Å². The Morgan fingerprint density at radius 1 is 1.04 bits per heavy atom. The van der Waals surface area contributed by atoms with Crippen LogP contribution in [0.15, 0.2) is 54.7 Å². The number of amides is 1. The molecule has 5 heteroatoms. The number of nitrogens with zero attached hydrogens (tertiary/aromatic N) is 1. The quantitative estimate of drug-likeness (QED) is 0.738. The molecular weight excluding hydrogens is 331 g/mol. The van der Waals surface area contributed by atoms with Gasteiger partial charge in [0.15, 0.2) is 0 Å². The minimum absolute atomic E-state index is 0.251. The van der Waals surface area contributed by atoms with Gasteiger partial charge < -0.3 is 10.1 Å². The summed E-state index contributed by atoms with van der Waals surface area (Å²) in [5.41, 5.74) is 4.49. The van der Waals surface area contributed by atoms with E-state index in [1.54, 1.807) is 18.2 Å². The van der Waals surface area contributed by atoms with Crippen LogP contribution in [0.25, 0.3) is 11.3 Å². The zero-order chi connectivity index (χ0) is 18.7. The van der Waals surface area contributed by atoms with Gasteiger partial charge in [0, 0.05) is 17.4 Å². The van der Waals surface area contributed by atoms with E-state index in [9.17, 15) is 9.18 Å². The van der Waals surface area contributed by atoms with Crippen LogP contribution in [0.5, 0.6) is 5.75 Å². The van der Waals surface area contributed by atoms with E-state index >= 15 is 0 Å². The number of carbonyl (C=O) groups is 1. The number of methoxy groups -OCH3 is 1. The molecule has 0 fully saturated rings. The highest BCUT2D eigenvalue weighted by Gasteiger charge is 2.11. The fourth-order valence-corrected chi connectivity index (χ4v) is 2.59. The smallest absolute Gasteiger partial charge is 0.257 e. The molecule has 0 atom stereocenters. The van der Waals surface area contributed by atoms with Gasteiger partial charge in [-0.05, 0) is 67.4 Å². The number of carbonyl (C=O) groups excluding carboxylic acids is 1. The predicted octanol–water partition coefficient (Wildman–Crippen LogP) is 4.77. The Morgan fingerprint density at radius 3 is 2.50 bits per heavy atom. The number of hydrogen-bond donors (Lipinski definition) is 1. The third kappa shape index (κ3) is 3.72. The molecule has 2 aromatic carbocycles. The molecule has 0 unspecified atom stereocenters. The van der Waals surface area contributed by atoms with E-state index in [-0.39, 0.29) is 11.7 Å². The maximum absolute atomic E-state index is 13.5. The number of rotatable bonds is 4. The summed E-state index contributed by atoms with van der Waals surface area (Å²) in [4.78, 5) is 16.7. The van der Waals surface area contributed by atoms with Gasteiger partial charge in [-0.25, -0.2) is 4.39 Å². The predicted molar refractivity (Wildman–Crippen MR) is 100 cm³/mol. The first-order valence-electron chi connectivity index (χ1n) is 8.16. The number of anilines is 1. The Labute approximate surface area is 151 Å². The fraction of sp³-hybridized carbons (Fsp3) is 0.143. The Morgan fingerprint density at radius 2 is 1.85 bits per heavy atom. The van der Waals surface area contributed by atoms with E-state index in [2.05, 4.69) is 10.3 Å². The van der Waals surface area contributed by atoms with Gasteiger partial charge in [-0.3, -0.25) is 9.78 Å². The van der Waals surface area contributed by atoms with E-state index in [1.165, 1.54) is 25.4 Å². The van der Waals surface area contributed by atoms with Crippen LogP contribution >= 0.6 is 0 Å². The first-order chi connectivity index (χ1) is 12.5. The van der Waals surface area contributed by atoms with Crippen molar-refractivity contribution in [3.8, 4) is 17.0 Å². The largest absolute Gasteiger partial charge is 0.496 e. The van der Waals surface area contributed by atoms with Crippen molar-refractivity contribution in [1.29, 1.82) is 0 Å². The highest BCUT2D eigenvalue weighted by molar-refractivity contribution is 6.04. The number of pyridine rings is 1. The Bertz CT molecular complexity index is 953. The van der Waals surface area contributed by atoms with Crippen molar-refractivity contribution < 1.29 is 13.9 Å². The van der Waals surface area contributed by atoms with Crippen molar-refractivity contribution >= 4 is 11.6 Å². The average Bonchev–Trinajstić information content (AvgIpc) is 2.65. The third-order valence-corrected chi connectivity index (χ3v) is 4.23. The number of aryl methyl sites for hydroxylation is 2. The summed E-state index contributed by atoms with van der Waals surface area (Å²) in [6.45, 7) is 4.01. The van der Waals surface area contributed by atoms with Gasteiger partial charge in [0.1, 0.15) is 11.6 Å². The number of halogens is 1. The molecule has 0 aliphatic heterocycles. The monoisotopic (exact) mass is 350 g/mol. The molecule has 1 amide bonds. The van der Waals surface area contributed by atoms with Crippen molar-refractivity contribution in [2.24, 2.45) is 0 Å². The molecule has 0 radical (unpaired) electrons. The maximum Gasteiger partial charge on any atom is 0.257 e. The topological polar surface area (TPSA) is 51.2 Å². The van der Waals surface area contributed by atoms with Crippen LogP contribution in [-0.4, -0.2) is 18.0 Å². The van der Waals surface area contributed by atoms with Crippen LogP contribution in [0.3, 0.4) is 0 Å². The number of ether oxygens (including phenoxy) is 1. The molecule has 0 saturated heterocycles. The molecule has 3 rings (SSSR count). The minimum Gasteiger partial charge on any atom is -0.496 e. The summed E-state index contributed by atoms with van der Waals surface area (Å²) in [6.07, 6.45) is 1.47. The normalized spacial score (nSPS) is 10.5. The molecule has 0 bridgehead atoms. The molecular formula is C21H19FN2O2. The summed E-state index contributed by atoms with van der Waals surface area (Å²) in [5, 5.41) is 2.85. The molecule has 0 aliphatic carbocycles. The fourth-order valence-electron chi connectivity index (χ4n) is 2.59. The van der Waals surface area contributed by atoms with Gasteiger partial charge >= 0.3 is 0 Å². The van der Waals surface area contributed by atoms with Gasteiger partial charge in [0.25, 0.3) is 5.91 Å². The van der Waals surface area contributed by atoms with Crippen LogP contribution in [0.4, 0.5) is 10.1 Å². The van der Waals surface area contributed by atoms with Crippen LogP contribution < -0.4 is 10.1 Å². The highest BCUT2D eigenvalue weighted by atomic mass is 19.1. The van der Waals surface area contributed by atoms with Crippen molar-refractivity contribution in [2.75, 3.05) is 12.4 Å². The number of nitrogens with one attached hydrogen (secondary N) is 1. The summed E-state index contributed by atoms with van der Waals surface area (Å²) in [7, 11) is 1.52. The number of benzene rings is 2. The zero-order valence-corrected chi connectivity index (χ0v) is 14.8. The molecule has 0 aliphatic rings.